The molecule has 0 aromatic heterocycles. The maximum absolute atomic E-state index is 14.8. The summed E-state index contributed by atoms with van der Waals surface area (Å²) in [5.41, 5.74) is -0.0119. The van der Waals surface area contributed by atoms with E-state index in [2.05, 4.69) is 0 Å². The van der Waals surface area contributed by atoms with Crippen LogP contribution < -0.4 is 10.6 Å². The van der Waals surface area contributed by atoms with Gasteiger partial charge in [-0.2, -0.15) is 0 Å². The molecule has 150 valence electrons. The van der Waals surface area contributed by atoms with Crippen LogP contribution in [0.4, 0.5) is 0 Å². The first-order valence-electron chi connectivity index (χ1n) is 9.67. The summed E-state index contributed by atoms with van der Waals surface area (Å²) >= 11 is 0. The molecule has 0 heterocycles. The van der Waals surface area contributed by atoms with Crippen LogP contribution in [0.15, 0.2) is 96.3 Å². The Morgan fingerprint density at radius 1 is 0.862 bits per heavy atom. The van der Waals surface area contributed by atoms with Gasteiger partial charge in [0.2, 0.25) is 0 Å². The molecular formula is C25H27O3P. The predicted molar refractivity (Wildman–Crippen MR) is 121 cm³/mol. The van der Waals surface area contributed by atoms with Gasteiger partial charge in [0.15, 0.2) is 7.14 Å². The van der Waals surface area contributed by atoms with E-state index in [4.69, 9.17) is 0 Å². The van der Waals surface area contributed by atoms with Crippen molar-refractivity contribution in [2.75, 3.05) is 6.61 Å². The van der Waals surface area contributed by atoms with E-state index in [1.807, 2.05) is 97.1 Å². The average molecular weight is 406 g/mol. The molecule has 3 aromatic rings. The zero-order valence-electron chi connectivity index (χ0n) is 16.8. The highest BCUT2D eigenvalue weighted by atomic mass is 31.2. The molecule has 0 aliphatic carbocycles. The lowest BCUT2D eigenvalue weighted by molar-refractivity contribution is 0.0359. The van der Waals surface area contributed by atoms with Gasteiger partial charge in [0.1, 0.15) is 0 Å². The minimum Gasteiger partial charge on any atom is -0.396 e. The molecule has 0 saturated carbocycles. The largest absolute Gasteiger partial charge is 0.396 e. The fourth-order valence-electron chi connectivity index (χ4n) is 3.27. The van der Waals surface area contributed by atoms with E-state index >= 15 is 0 Å². The molecule has 2 N–H and O–H groups in total. The third-order valence-corrected chi connectivity index (χ3v) is 8.30. The van der Waals surface area contributed by atoms with E-state index in [0.29, 0.717) is 15.9 Å². The normalized spacial score (nSPS) is 13.9. The molecule has 0 aliphatic rings. The smallest absolute Gasteiger partial charge is 0.169 e. The summed E-state index contributed by atoms with van der Waals surface area (Å²) in [6.45, 7) is 3.32. The Balaban J connectivity index is 2.32. The van der Waals surface area contributed by atoms with Crippen LogP contribution in [0.1, 0.15) is 19.4 Å². The highest BCUT2D eigenvalue weighted by Gasteiger charge is 2.41. The van der Waals surface area contributed by atoms with Crippen molar-refractivity contribution in [2.45, 2.75) is 20.0 Å². The molecular weight excluding hydrogens is 379 g/mol. The molecule has 0 bridgehead atoms. The Labute approximate surface area is 172 Å². The van der Waals surface area contributed by atoms with Gasteiger partial charge in [0.25, 0.3) is 0 Å². The predicted octanol–water partition coefficient (Wildman–Crippen LogP) is 4.42. The Morgan fingerprint density at radius 2 is 1.28 bits per heavy atom. The second-order valence-electron chi connectivity index (χ2n) is 7.81. The van der Waals surface area contributed by atoms with Crippen LogP contribution in [0.25, 0.3) is 6.08 Å². The monoisotopic (exact) mass is 406 g/mol. The molecule has 1 atom stereocenters. The van der Waals surface area contributed by atoms with Crippen molar-refractivity contribution < 1.29 is 14.8 Å². The van der Waals surface area contributed by atoms with Gasteiger partial charge in [0, 0.05) is 21.3 Å². The van der Waals surface area contributed by atoms with Gasteiger partial charge in [-0.1, -0.05) is 105 Å². The summed E-state index contributed by atoms with van der Waals surface area (Å²) < 4.78 is 14.8. The van der Waals surface area contributed by atoms with Gasteiger partial charge in [-0.15, -0.1) is 0 Å². The highest BCUT2D eigenvalue weighted by Crippen LogP contribution is 2.56. The topological polar surface area (TPSA) is 57.5 Å². The zero-order chi connectivity index (χ0) is 20.9. The van der Waals surface area contributed by atoms with Crippen LogP contribution in [0.3, 0.4) is 0 Å². The molecule has 29 heavy (non-hydrogen) atoms. The number of benzene rings is 3. The highest BCUT2D eigenvalue weighted by molar-refractivity contribution is 7.82. The van der Waals surface area contributed by atoms with Crippen molar-refractivity contribution in [1.82, 2.24) is 0 Å². The number of aliphatic hydroxyl groups is 2. The van der Waals surface area contributed by atoms with E-state index in [9.17, 15) is 14.8 Å². The Bertz CT molecular complexity index is 953. The van der Waals surface area contributed by atoms with Crippen LogP contribution >= 0.6 is 7.14 Å². The van der Waals surface area contributed by atoms with E-state index in [1.165, 1.54) is 0 Å². The second-order valence-corrected chi connectivity index (χ2v) is 10.6. The van der Waals surface area contributed by atoms with Crippen LogP contribution in [0.5, 0.6) is 0 Å². The number of rotatable bonds is 7. The second kappa shape index (κ2) is 8.92. The number of hydrogen-bond donors (Lipinski definition) is 2. The Kier molecular flexibility index (Phi) is 6.54. The first kappa shape index (κ1) is 21.3. The fourth-order valence-corrected chi connectivity index (χ4v) is 6.38. The summed E-state index contributed by atoms with van der Waals surface area (Å²) in [5, 5.41) is 23.0. The lowest BCUT2D eigenvalue weighted by Crippen LogP contribution is -2.36. The minimum absolute atomic E-state index is 0.232. The summed E-state index contributed by atoms with van der Waals surface area (Å²) in [4.78, 5) is 0. The van der Waals surface area contributed by atoms with Gasteiger partial charge in [-0.05, 0) is 11.6 Å². The van der Waals surface area contributed by atoms with Gasteiger partial charge < -0.3 is 14.8 Å². The summed E-state index contributed by atoms with van der Waals surface area (Å²) in [5.74, 6) is 0. The quantitative estimate of drug-likeness (QED) is 0.571. The van der Waals surface area contributed by atoms with E-state index in [-0.39, 0.29) is 6.61 Å². The molecule has 1 unspecified atom stereocenters. The molecule has 0 fully saturated rings. The third-order valence-electron chi connectivity index (χ3n) is 5.15. The number of hydrogen-bond acceptors (Lipinski definition) is 3. The SMILES string of the molecule is CC(C)(CO)C(O)/C(=C\c1ccccc1)P(=O)(c1ccccc1)c1ccccc1. The molecule has 0 spiro atoms. The van der Waals surface area contributed by atoms with Gasteiger partial charge in [0.05, 0.1) is 12.7 Å². The van der Waals surface area contributed by atoms with E-state index in [1.54, 1.807) is 13.8 Å². The lowest BCUT2D eigenvalue weighted by atomic mass is 9.87. The molecule has 4 heteroatoms. The zero-order valence-corrected chi connectivity index (χ0v) is 17.7. The van der Waals surface area contributed by atoms with Gasteiger partial charge in [-0.3, -0.25) is 0 Å². The van der Waals surface area contributed by atoms with E-state index < -0.39 is 18.7 Å². The summed E-state index contributed by atoms with van der Waals surface area (Å²) in [6.07, 6.45) is 0.710. The first-order chi connectivity index (χ1) is 13.9. The molecule has 0 radical (unpaired) electrons. The maximum Gasteiger partial charge on any atom is 0.169 e. The van der Waals surface area contributed by atoms with Crippen molar-refractivity contribution in [3.63, 3.8) is 0 Å². The fraction of sp³-hybridized carbons (Fsp3) is 0.200. The third kappa shape index (κ3) is 4.43. The molecule has 0 aliphatic heterocycles. The van der Waals surface area contributed by atoms with Gasteiger partial charge >= 0.3 is 0 Å². The van der Waals surface area contributed by atoms with Crippen molar-refractivity contribution in [2.24, 2.45) is 5.41 Å². The number of aliphatic hydroxyl groups excluding tert-OH is 2. The summed E-state index contributed by atoms with van der Waals surface area (Å²) in [7, 11) is -3.37. The standard InChI is InChI=1S/C25H27O3P/c1-25(2,19-26)24(27)23(18-20-12-6-3-7-13-20)29(28,21-14-8-4-9-15-21)22-16-10-5-11-17-22/h3-18,24,26-27H,19H2,1-2H3/b23-18+. The maximum atomic E-state index is 14.8. The molecule has 0 amide bonds. The Hall–Kier alpha value is -2.45. The van der Waals surface area contributed by atoms with Crippen LogP contribution in [0.2, 0.25) is 0 Å². The van der Waals surface area contributed by atoms with Crippen molar-refractivity contribution in [1.29, 1.82) is 0 Å². The van der Waals surface area contributed by atoms with E-state index in [0.717, 1.165) is 5.56 Å². The molecule has 3 rings (SSSR count). The molecule has 0 saturated heterocycles. The van der Waals surface area contributed by atoms with Crippen LogP contribution in [0, 0.1) is 5.41 Å². The van der Waals surface area contributed by atoms with Crippen LogP contribution in [-0.2, 0) is 4.57 Å². The van der Waals surface area contributed by atoms with Crippen molar-refractivity contribution in [3.8, 4) is 0 Å². The van der Waals surface area contributed by atoms with Crippen LogP contribution in [-0.4, -0.2) is 22.9 Å². The summed E-state index contributed by atoms with van der Waals surface area (Å²) in [6, 6.07) is 28.1. The minimum atomic E-state index is -3.37. The first-order valence-corrected chi connectivity index (χ1v) is 11.4. The lowest BCUT2D eigenvalue weighted by Gasteiger charge is -2.34. The van der Waals surface area contributed by atoms with Crippen molar-refractivity contribution >= 4 is 23.8 Å². The molecule has 3 aromatic carbocycles. The van der Waals surface area contributed by atoms with Gasteiger partial charge in [-0.25, -0.2) is 0 Å². The Morgan fingerprint density at radius 3 is 1.69 bits per heavy atom. The van der Waals surface area contributed by atoms with Crippen molar-refractivity contribution in [3.05, 3.63) is 102 Å². The molecule has 3 nitrogen and oxygen atoms in total. The average Bonchev–Trinajstić information content (AvgIpc) is 2.78.